The zero-order valence-corrected chi connectivity index (χ0v) is 36.3. The van der Waals surface area contributed by atoms with E-state index in [-0.39, 0.29) is 23.5 Å². The minimum atomic E-state index is -0.475. The first kappa shape index (κ1) is 32.7. The van der Waals surface area contributed by atoms with E-state index in [0.717, 1.165) is 50.1 Å². The second-order valence-corrected chi connectivity index (χ2v) is 18.2. The van der Waals surface area contributed by atoms with Crippen molar-refractivity contribution in [2.75, 3.05) is 0 Å². The molecule has 12 aromatic rings. The predicted octanol–water partition coefficient (Wildman–Crippen LogP) is 16.0. The summed E-state index contributed by atoms with van der Waals surface area (Å²) in [5.74, 6) is 0.684. The van der Waals surface area contributed by atoms with Crippen molar-refractivity contribution in [2.45, 2.75) is 19.3 Å². The van der Waals surface area contributed by atoms with Crippen LogP contribution in [0.4, 0.5) is 0 Å². The van der Waals surface area contributed by atoms with Gasteiger partial charge in [0.2, 0.25) is 0 Å². The molecule has 4 nitrogen and oxygen atoms in total. The maximum absolute atomic E-state index is 8.91. The van der Waals surface area contributed by atoms with E-state index in [2.05, 4.69) is 152 Å². The van der Waals surface area contributed by atoms with Gasteiger partial charge < -0.3 is 4.57 Å². The number of thiophene rings is 1. The van der Waals surface area contributed by atoms with Crippen molar-refractivity contribution in [1.82, 2.24) is 19.5 Å². The van der Waals surface area contributed by atoms with Crippen LogP contribution < -0.4 is 0 Å². The standard InChI is InChI=1S/C60H40N4S/c1-60(2)50-33-32-40(34-49(50)54-46(28-17-29-51(54)60)59-62-57(38-20-8-4-9-21-38)61-58(63-59)39-22-10-5-11-23-39)47-35-41(64-52-30-14-12-24-43(52)44-25-13-15-31-53(44)64)36-48-45-27-16-26-42(55(45)65-56(47)48)37-18-6-3-7-19-37/h3-36H,1-2H3/i4D,8D,9D,20D,21D. The van der Waals surface area contributed by atoms with Crippen molar-refractivity contribution in [2.24, 2.45) is 0 Å². The largest absolute Gasteiger partial charge is 0.309 e. The first-order valence-electron chi connectivity index (χ1n) is 24.3. The predicted molar refractivity (Wildman–Crippen MR) is 272 cm³/mol. The SMILES string of the molecule is [2H]c1c([2H])c([2H])c(-c2nc(-c3ccccc3)nc(-c3cccc4c3-c3cc(-c5cc(-n6c7ccccc7c7ccccc76)cc6c5sc5c(-c7ccccc7)cccc56)ccc3C4(C)C)n2)c([2H])c1[2H]. The Morgan fingerprint density at radius 3 is 1.77 bits per heavy atom. The van der Waals surface area contributed by atoms with Crippen LogP contribution in [0.15, 0.2) is 206 Å². The van der Waals surface area contributed by atoms with Gasteiger partial charge in [0.25, 0.3) is 0 Å². The average molecular weight is 854 g/mol. The Kier molecular flexibility index (Phi) is 7.30. The van der Waals surface area contributed by atoms with Gasteiger partial charge in [-0.15, -0.1) is 11.3 Å². The van der Waals surface area contributed by atoms with Crippen LogP contribution in [0.5, 0.6) is 0 Å². The summed E-state index contributed by atoms with van der Waals surface area (Å²) < 4.78 is 48.0. The highest BCUT2D eigenvalue weighted by atomic mass is 32.1. The number of nitrogens with zero attached hydrogens (tertiary/aromatic N) is 4. The van der Waals surface area contributed by atoms with Gasteiger partial charge in [-0.25, -0.2) is 15.0 Å². The minimum Gasteiger partial charge on any atom is -0.309 e. The van der Waals surface area contributed by atoms with Crippen LogP contribution in [0.3, 0.4) is 0 Å². The molecule has 0 N–H and O–H groups in total. The zero-order valence-electron chi connectivity index (χ0n) is 40.4. The number of benzene rings is 9. The molecule has 1 aliphatic rings. The molecule has 1 aliphatic carbocycles. The molecule has 13 rings (SSSR count). The van der Waals surface area contributed by atoms with Crippen molar-refractivity contribution in [1.29, 1.82) is 0 Å². The third kappa shape index (κ3) is 5.86. The van der Waals surface area contributed by atoms with Crippen LogP contribution in [0.25, 0.3) is 115 Å². The summed E-state index contributed by atoms with van der Waals surface area (Å²) in [6.07, 6.45) is 0. The van der Waals surface area contributed by atoms with E-state index < -0.39 is 23.5 Å². The summed E-state index contributed by atoms with van der Waals surface area (Å²) >= 11 is 1.84. The maximum Gasteiger partial charge on any atom is 0.164 e. The zero-order chi connectivity index (χ0) is 47.6. The van der Waals surface area contributed by atoms with Gasteiger partial charge in [0.05, 0.1) is 17.9 Å². The second kappa shape index (κ2) is 14.5. The lowest BCUT2D eigenvalue weighted by molar-refractivity contribution is 0.660. The monoisotopic (exact) mass is 853 g/mol. The van der Waals surface area contributed by atoms with Crippen LogP contribution in [-0.4, -0.2) is 19.5 Å². The van der Waals surface area contributed by atoms with Gasteiger partial charge in [-0.1, -0.05) is 190 Å². The van der Waals surface area contributed by atoms with E-state index in [0.29, 0.717) is 17.2 Å². The lowest BCUT2D eigenvalue weighted by atomic mass is 9.82. The quantitative estimate of drug-likeness (QED) is 0.167. The first-order valence-corrected chi connectivity index (χ1v) is 22.6. The van der Waals surface area contributed by atoms with Crippen molar-refractivity contribution < 1.29 is 6.85 Å². The summed E-state index contributed by atoms with van der Waals surface area (Å²) in [6.45, 7) is 4.50. The third-order valence-electron chi connectivity index (χ3n) is 13.1. The molecule has 3 heterocycles. The van der Waals surface area contributed by atoms with Gasteiger partial charge in [-0.05, 0) is 69.3 Å². The maximum atomic E-state index is 8.91. The second-order valence-electron chi connectivity index (χ2n) is 17.2. The van der Waals surface area contributed by atoms with E-state index in [1.165, 1.54) is 47.6 Å². The normalized spacial score (nSPS) is 14.0. The molecular weight excluding hydrogens is 809 g/mol. The Hall–Kier alpha value is -7.99. The number of rotatable bonds is 6. The van der Waals surface area contributed by atoms with Crippen molar-refractivity contribution >= 4 is 53.3 Å². The van der Waals surface area contributed by atoms with Crippen LogP contribution in [0, 0.1) is 0 Å². The Bertz CT molecular complexity index is 4080. The van der Waals surface area contributed by atoms with Crippen LogP contribution in [0.1, 0.15) is 31.8 Å². The van der Waals surface area contributed by atoms with Gasteiger partial charge in [-0.2, -0.15) is 0 Å². The summed E-state index contributed by atoms with van der Waals surface area (Å²) in [5, 5.41) is 4.80. The van der Waals surface area contributed by atoms with Gasteiger partial charge >= 0.3 is 0 Å². The fraction of sp³-hybridized carbons (Fsp3) is 0.0500. The van der Waals surface area contributed by atoms with E-state index in [4.69, 9.17) is 21.8 Å². The number of hydrogen-bond acceptors (Lipinski definition) is 4. The summed E-state index contributed by atoms with van der Waals surface area (Å²) in [5.41, 5.74) is 13.2. The summed E-state index contributed by atoms with van der Waals surface area (Å²) in [7, 11) is 0. The molecular formula is C60H40N4S. The molecule has 5 heteroatoms. The molecule has 0 aliphatic heterocycles. The third-order valence-corrected chi connectivity index (χ3v) is 14.4. The van der Waals surface area contributed by atoms with Gasteiger partial charge in [-0.3, -0.25) is 0 Å². The lowest BCUT2D eigenvalue weighted by Crippen LogP contribution is -2.14. The molecule has 0 spiro atoms. The van der Waals surface area contributed by atoms with Crippen LogP contribution in [-0.2, 0) is 5.41 Å². The Morgan fingerprint density at radius 1 is 0.431 bits per heavy atom. The molecule has 306 valence electrons. The fourth-order valence-corrected chi connectivity index (χ4v) is 11.5. The molecule has 0 unspecified atom stereocenters. The molecule has 0 saturated heterocycles. The molecule has 0 bridgehead atoms. The number of para-hydroxylation sites is 2. The molecule has 0 saturated carbocycles. The highest BCUT2D eigenvalue weighted by Gasteiger charge is 2.38. The topological polar surface area (TPSA) is 43.6 Å². The molecule has 0 amide bonds. The molecule has 0 fully saturated rings. The van der Waals surface area contributed by atoms with E-state index in [1.54, 1.807) is 0 Å². The lowest BCUT2D eigenvalue weighted by Gasteiger charge is -2.21. The average Bonchev–Trinajstić information content (AvgIpc) is 4.03. The first-order chi connectivity index (χ1) is 34.1. The van der Waals surface area contributed by atoms with Crippen LogP contribution >= 0.6 is 11.3 Å². The number of aromatic nitrogens is 4. The minimum absolute atomic E-state index is 0.00795. The summed E-state index contributed by atoms with van der Waals surface area (Å²) in [6, 6.07) is 59.8. The van der Waals surface area contributed by atoms with E-state index in [9.17, 15) is 0 Å². The highest BCUT2D eigenvalue weighted by Crippen LogP contribution is 2.54. The van der Waals surface area contributed by atoms with Crippen molar-refractivity contribution in [3.63, 3.8) is 0 Å². The Labute approximate surface area is 387 Å². The van der Waals surface area contributed by atoms with Crippen LogP contribution in [0.2, 0.25) is 0 Å². The molecule has 9 aromatic carbocycles. The Balaban J connectivity index is 1.07. The van der Waals surface area contributed by atoms with Crippen molar-refractivity contribution in [3.8, 4) is 73.2 Å². The number of hydrogen-bond donors (Lipinski definition) is 0. The molecule has 0 radical (unpaired) electrons. The van der Waals surface area contributed by atoms with Crippen molar-refractivity contribution in [3.05, 3.63) is 217 Å². The molecule has 0 atom stereocenters. The van der Waals surface area contributed by atoms with E-state index in [1.807, 2.05) is 53.8 Å². The van der Waals surface area contributed by atoms with E-state index >= 15 is 0 Å². The van der Waals surface area contributed by atoms with Gasteiger partial charge in [0, 0.05) is 64.3 Å². The van der Waals surface area contributed by atoms with Gasteiger partial charge in [0.1, 0.15) is 0 Å². The highest BCUT2D eigenvalue weighted by molar-refractivity contribution is 7.26. The smallest absolute Gasteiger partial charge is 0.164 e. The molecule has 65 heavy (non-hydrogen) atoms. The fourth-order valence-electron chi connectivity index (χ4n) is 10.1. The number of fused-ring (bicyclic) bond motifs is 9. The van der Waals surface area contributed by atoms with Gasteiger partial charge in [0.15, 0.2) is 17.5 Å². The Morgan fingerprint density at radius 2 is 1.03 bits per heavy atom. The summed E-state index contributed by atoms with van der Waals surface area (Å²) in [4.78, 5) is 14.9. The molecule has 3 aromatic heterocycles.